The molecule has 0 aliphatic rings. The van der Waals surface area contributed by atoms with E-state index in [-0.39, 0.29) is 29.0 Å². The smallest absolute Gasteiger partial charge is 0.380 e. The van der Waals surface area contributed by atoms with E-state index in [1.807, 2.05) is 0 Å². The van der Waals surface area contributed by atoms with Crippen LogP contribution in [0.3, 0.4) is 0 Å². The number of nitro groups is 1. The Kier molecular flexibility index (Phi) is 5.87. The van der Waals surface area contributed by atoms with Crippen molar-refractivity contribution < 1.29 is 27.7 Å². The molecule has 2 amide bonds. The van der Waals surface area contributed by atoms with E-state index in [4.69, 9.17) is 5.73 Å². The third-order valence-corrected chi connectivity index (χ3v) is 3.68. The SMILES string of the molecule is CC(=O)Nc1ccc(NCc2ccc(C(N)=O)cc2[N+](=O)[O-])c(C(F)(F)F)c1. The quantitative estimate of drug-likeness (QED) is 0.510. The van der Waals surface area contributed by atoms with Gasteiger partial charge in [-0.3, -0.25) is 19.7 Å². The summed E-state index contributed by atoms with van der Waals surface area (Å²) in [5.74, 6) is -1.39. The molecule has 2 aromatic carbocycles. The lowest BCUT2D eigenvalue weighted by Crippen LogP contribution is -2.14. The summed E-state index contributed by atoms with van der Waals surface area (Å²) in [7, 11) is 0. The predicted molar refractivity (Wildman–Crippen MR) is 94.7 cm³/mol. The van der Waals surface area contributed by atoms with Gasteiger partial charge in [-0.15, -0.1) is 0 Å². The number of nitro benzene ring substituents is 1. The maximum absolute atomic E-state index is 13.3. The topological polar surface area (TPSA) is 127 Å². The molecule has 0 bridgehead atoms. The van der Waals surface area contributed by atoms with Crippen molar-refractivity contribution in [2.75, 3.05) is 10.6 Å². The number of carbonyl (C=O) groups is 2. The van der Waals surface area contributed by atoms with Gasteiger partial charge in [0.1, 0.15) is 0 Å². The number of nitrogens with zero attached hydrogens (tertiary/aromatic N) is 1. The highest BCUT2D eigenvalue weighted by Gasteiger charge is 2.34. The minimum Gasteiger partial charge on any atom is -0.380 e. The van der Waals surface area contributed by atoms with E-state index >= 15 is 0 Å². The molecule has 8 nitrogen and oxygen atoms in total. The van der Waals surface area contributed by atoms with Gasteiger partial charge in [-0.05, 0) is 30.3 Å². The van der Waals surface area contributed by atoms with Gasteiger partial charge in [0.05, 0.1) is 10.5 Å². The number of benzene rings is 2. The maximum atomic E-state index is 13.3. The van der Waals surface area contributed by atoms with Crippen molar-refractivity contribution in [3.63, 3.8) is 0 Å². The molecule has 0 spiro atoms. The maximum Gasteiger partial charge on any atom is 0.418 e. The number of hydrogen-bond donors (Lipinski definition) is 3. The van der Waals surface area contributed by atoms with Gasteiger partial charge in [0, 0.05) is 42.0 Å². The zero-order valence-electron chi connectivity index (χ0n) is 14.5. The Morgan fingerprint density at radius 3 is 2.39 bits per heavy atom. The van der Waals surface area contributed by atoms with Crippen LogP contribution in [-0.2, 0) is 17.5 Å². The van der Waals surface area contributed by atoms with Crippen molar-refractivity contribution >= 4 is 28.9 Å². The van der Waals surface area contributed by atoms with Gasteiger partial charge in [-0.2, -0.15) is 13.2 Å². The van der Waals surface area contributed by atoms with E-state index in [1.54, 1.807) is 0 Å². The molecule has 0 aromatic heterocycles. The van der Waals surface area contributed by atoms with Crippen molar-refractivity contribution in [3.8, 4) is 0 Å². The summed E-state index contributed by atoms with van der Waals surface area (Å²) in [6, 6.07) is 6.58. The number of nitrogens with one attached hydrogen (secondary N) is 2. The van der Waals surface area contributed by atoms with Gasteiger partial charge in [0.2, 0.25) is 11.8 Å². The van der Waals surface area contributed by atoms with Gasteiger partial charge in [0.15, 0.2) is 0 Å². The standard InChI is InChI=1S/C17H15F3N4O4/c1-9(25)23-12-4-5-14(13(7-12)17(18,19)20)22-8-11-3-2-10(16(21)26)6-15(11)24(27)28/h2-7,22H,8H2,1H3,(H2,21,26)(H,23,25). The second kappa shape index (κ2) is 7.94. The highest BCUT2D eigenvalue weighted by atomic mass is 19.4. The van der Waals surface area contributed by atoms with Crippen molar-refractivity contribution in [2.45, 2.75) is 19.6 Å². The summed E-state index contributed by atoms with van der Waals surface area (Å²) in [6.45, 7) is 0.853. The Balaban J connectivity index is 2.35. The lowest BCUT2D eigenvalue weighted by Gasteiger charge is -2.16. The fourth-order valence-electron chi connectivity index (χ4n) is 2.44. The van der Waals surface area contributed by atoms with E-state index in [0.717, 1.165) is 25.1 Å². The molecule has 0 fully saturated rings. The number of amides is 2. The van der Waals surface area contributed by atoms with Crippen LogP contribution in [0, 0.1) is 10.1 Å². The molecular formula is C17H15F3N4O4. The van der Waals surface area contributed by atoms with Crippen molar-refractivity contribution in [2.24, 2.45) is 5.73 Å². The minimum atomic E-state index is -4.72. The van der Waals surface area contributed by atoms with E-state index in [9.17, 15) is 32.9 Å². The van der Waals surface area contributed by atoms with E-state index in [2.05, 4.69) is 10.6 Å². The summed E-state index contributed by atoms with van der Waals surface area (Å²) in [5.41, 5.74) is 3.19. The molecule has 2 rings (SSSR count). The predicted octanol–water partition coefficient (Wildman–Crippen LogP) is 3.28. The molecule has 148 valence electrons. The summed E-state index contributed by atoms with van der Waals surface area (Å²) in [5, 5.41) is 16.0. The monoisotopic (exact) mass is 396 g/mol. The average molecular weight is 396 g/mol. The van der Waals surface area contributed by atoms with Crippen LogP contribution in [0.25, 0.3) is 0 Å². The van der Waals surface area contributed by atoms with Gasteiger partial charge in [-0.1, -0.05) is 0 Å². The fourth-order valence-corrected chi connectivity index (χ4v) is 2.44. The number of hydrogen-bond acceptors (Lipinski definition) is 5. The summed E-state index contributed by atoms with van der Waals surface area (Å²) in [4.78, 5) is 32.6. The molecule has 28 heavy (non-hydrogen) atoms. The lowest BCUT2D eigenvalue weighted by molar-refractivity contribution is -0.385. The molecule has 0 heterocycles. The first kappa shape index (κ1) is 20.7. The Labute approximate surface area is 156 Å². The normalized spacial score (nSPS) is 11.0. The fraction of sp³-hybridized carbons (Fsp3) is 0.176. The van der Waals surface area contributed by atoms with Crippen LogP contribution >= 0.6 is 0 Å². The third-order valence-electron chi connectivity index (χ3n) is 3.68. The largest absolute Gasteiger partial charge is 0.418 e. The zero-order chi connectivity index (χ0) is 21.1. The van der Waals surface area contributed by atoms with Crippen LogP contribution in [0.15, 0.2) is 36.4 Å². The number of carbonyl (C=O) groups excluding carboxylic acids is 2. The van der Waals surface area contributed by atoms with E-state index in [1.165, 1.54) is 18.2 Å². The number of anilines is 2. The molecule has 11 heteroatoms. The van der Waals surface area contributed by atoms with E-state index < -0.39 is 34.2 Å². The number of halogens is 3. The van der Waals surface area contributed by atoms with Gasteiger partial charge in [0.25, 0.3) is 5.69 Å². The Morgan fingerprint density at radius 1 is 1.18 bits per heavy atom. The van der Waals surface area contributed by atoms with Crippen molar-refractivity contribution in [1.29, 1.82) is 0 Å². The molecule has 0 saturated carbocycles. The van der Waals surface area contributed by atoms with Crippen LogP contribution in [0.5, 0.6) is 0 Å². The van der Waals surface area contributed by atoms with Crippen LogP contribution in [0.1, 0.15) is 28.4 Å². The molecule has 0 saturated heterocycles. The van der Waals surface area contributed by atoms with Crippen molar-refractivity contribution in [1.82, 2.24) is 0 Å². The Hall–Kier alpha value is -3.63. The molecule has 0 aliphatic heterocycles. The molecule has 0 unspecified atom stereocenters. The van der Waals surface area contributed by atoms with Crippen LogP contribution in [0.4, 0.5) is 30.2 Å². The van der Waals surface area contributed by atoms with E-state index in [0.29, 0.717) is 0 Å². The molecule has 0 aliphatic carbocycles. The highest BCUT2D eigenvalue weighted by Crippen LogP contribution is 2.37. The van der Waals surface area contributed by atoms with Crippen molar-refractivity contribution in [3.05, 3.63) is 63.2 Å². The van der Waals surface area contributed by atoms with Crippen LogP contribution in [0.2, 0.25) is 0 Å². The number of primary amides is 1. The lowest BCUT2D eigenvalue weighted by atomic mass is 10.1. The second-order valence-corrected chi connectivity index (χ2v) is 5.76. The van der Waals surface area contributed by atoms with Gasteiger partial charge in [-0.25, -0.2) is 0 Å². The minimum absolute atomic E-state index is 0.0397. The summed E-state index contributed by atoms with van der Waals surface area (Å²) >= 11 is 0. The first-order valence-electron chi connectivity index (χ1n) is 7.79. The molecular weight excluding hydrogens is 381 g/mol. The first-order chi connectivity index (χ1) is 13.0. The second-order valence-electron chi connectivity index (χ2n) is 5.76. The molecule has 0 atom stereocenters. The average Bonchev–Trinajstić information content (AvgIpc) is 2.58. The Morgan fingerprint density at radius 2 is 1.86 bits per heavy atom. The molecule has 0 radical (unpaired) electrons. The van der Waals surface area contributed by atoms with Crippen LogP contribution in [-0.4, -0.2) is 16.7 Å². The molecule has 4 N–H and O–H groups in total. The van der Waals surface area contributed by atoms with Crippen LogP contribution < -0.4 is 16.4 Å². The first-order valence-corrected chi connectivity index (χ1v) is 7.79. The Bertz CT molecular complexity index is 944. The third kappa shape index (κ3) is 4.96. The summed E-state index contributed by atoms with van der Waals surface area (Å²) in [6.07, 6.45) is -4.72. The highest BCUT2D eigenvalue weighted by molar-refractivity contribution is 5.93. The van der Waals surface area contributed by atoms with Gasteiger partial charge >= 0.3 is 6.18 Å². The van der Waals surface area contributed by atoms with Gasteiger partial charge < -0.3 is 16.4 Å². The molecule has 2 aromatic rings. The zero-order valence-corrected chi connectivity index (χ0v) is 14.5. The number of rotatable bonds is 6. The number of alkyl halides is 3. The number of nitrogens with two attached hydrogens (primary N) is 1. The summed E-state index contributed by atoms with van der Waals surface area (Å²) < 4.78 is 40.0.